The number of hydrogen-bond donors (Lipinski definition) is 1. The van der Waals surface area contributed by atoms with Crippen LogP contribution in [-0.4, -0.2) is 42.0 Å². The lowest BCUT2D eigenvalue weighted by molar-refractivity contribution is 0.0744. The molecule has 1 atom stereocenters. The Morgan fingerprint density at radius 2 is 2.32 bits per heavy atom. The molecule has 19 heavy (non-hydrogen) atoms. The summed E-state index contributed by atoms with van der Waals surface area (Å²) in [4.78, 5) is 18.6. The van der Waals surface area contributed by atoms with E-state index in [1.807, 2.05) is 42.3 Å². The maximum absolute atomic E-state index is 12.5. The Bertz CT molecular complexity index is 605. The first kappa shape index (κ1) is 12.1. The lowest BCUT2D eigenvalue weighted by atomic mass is 10.1. The molecule has 1 aromatic carbocycles. The molecule has 4 heteroatoms. The molecule has 1 saturated heterocycles. The molecular weight excluding hydrogens is 238 g/mol. The first-order valence-corrected chi connectivity index (χ1v) is 6.58. The zero-order valence-electron chi connectivity index (χ0n) is 11.0. The van der Waals surface area contributed by atoms with Gasteiger partial charge in [-0.1, -0.05) is 6.07 Å². The first-order valence-electron chi connectivity index (χ1n) is 6.58. The summed E-state index contributed by atoms with van der Waals surface area (Å²) in [6.07, 6.45) is 2.79. The second-order valence-corrected chi connectivity index (χ2v) is 4.97. The van der Waals surface area contributed by atoms with Gasteiger partial charge < -0.3 is 10.2 Å². The van der Waals surface area contributed by atoms with Crippen molar-refractivity contribution in [2.75, 3.05) is 20.1 Å². The molecule has 3 rings (SSSR count). The fourth-order valence-corrected chi connectivity index (χ4v) is 2.55. The minimum atomic E-state index is 0.0828. The van der Waals surface area contributed by atoms with E-state index in [0.717, 1.165) is 36.0 Å². The molecule has 98 valence electrons. The number of fused-ring (bicyclic) bond motifs is 1. The molecule has 0 radical (unpaired) electrons. The largest absolute Gasteiger partial charge is 0.337 e. The zero-order chi connectivity index (χ0) is 13.2. The number of benzene rings is 1. The molecule has 1 fully saturated rings. The van der Waals surface area contributed by atoms with E-state index in [-0.39, 0.29) is 5.91 Å². The number of carbonyl (C=O) groups excluding carboxylic acids is 1. The van der Waals surface area contributed by atoms with E-state index in [2.05, 4.69) is 10.3 Å². The molecule has 0 saturated carbocycles. The monoisotopic (exact) mass is 255 g/mol. The molecule has 1 N–H and O–H groups in total. The van der Waals surface area contributed by atoms with E-state index < -0.39 is 0 Å². The van der Waals surface area contributed by atoms with Crippen molar-refractivity contribution in [1.29, 1.82) is 0 Å². The van der Waals surface area contributed by atoms with Crippen molar-refractivity contribution in [1.82, 2.24) is 15.2 Å². The molecular formula is C15H17N3O. The summed E-state index contributed by atoms with van der Waals surface area (Å²) < 4.78 is 0. The van der Waals surface area contributed by atoms with Crippen LogP contribution >= 0.6 is 0 Å². The van der Waals surface area contributed by atoms with Gasteiger partial charge in [-0.15, -0.1) is 0 Å². The number of nitrogens with zero attached hydrogens (tertiary/aromatic N) is 2. The van der Waals surface area contributed by atoms with Crippen molar-refractivity contribution in [3.63, 3.8) is 0 Å². The molecule has 0 spiro atoms. The minimum Gasteiger partial charge on any atom is -0.337 e. The highest BCUT2D eigenvalue weighted by Crippen LogP contribution is 2.16. The number of amides is 1. The number of carbonyl (C=O) groups is 1. The zero-order valence-corrected chi connectivity index (χ0v) is 11.0. The summed E-state index contributed by atoms with van der Waals surface area (Å²) in [6, 6.07) is 9.86. The lowest BCUT2D eigenvalue weighted by Gasteiger charge is -2.23. The fraction of sp³-hybridized carbons (Fsp3) is 0.333. The molecule has 0 bridgehead atoms. The van der Waals surface area contributed by atoms with Crippen molar-refractivity contribution in [2.24, 2.45) is 0 Å². The van der Waals surface area contributed by atoms with Crippen molar-refractivity contribution < 1.29 is 4.79 Å². The van der Waals surface area contributed by atoms with Gasteiger partial charge >= 0.3 is 0 Å². The maximum atomic E-state index is 12.5. The third-order valence-corrected chi connectivity index (χ3v) is 3.75. The Morgan fingerprint density at radius 1 is 1.42 bits per heavy atom. The quantitative estimate of drug-likeness (QED) is 0.888. The van der Waals surface area contributed by atoms with Gasteiger partial charge in [0.25, 0.3) is 5.91 Å². The molecule has 1 aliphatic heterocycles. The predicted molar refractivity (Wildman–Crippen MR) is 75.1 cm³/mol. The topological polar surface area (TPSA) is 45.2 Å². The maximum Gasteiger partial charge on any atom is 0.253 e. The van der Waals surface area contributed by atoms with Crippen LogP contribution in [0.25, 0.3) is 10.9 Å². The van der Waals surface area contributed by atoms with Gasteiger partial charge in [0, 0.05) is 36.8 Å². The average molecular weight is 255 g/mol. The van der Waals surface area contributed by atoms with Crippen molar-refractivity contribution >= 4 is 16.8 Å². The molecule has 1 amide bonds. The standard InChI is InChI=1S/C15H17N3O/c1-18(13-6-8-16-10-13)15(19)12-4-5-14-11(9-12)3-2-7-17-14/h2-5,7,9,13,16H,6,8,10H2,1H3. The van der Waals surface area contributed by atoms with E-state index in [1.54, 1.807) is 6.20 Å². The van der Waals surface area contributed by atoms with Crippen LogP contribution in [0.3, 0.4) is 0 Å². The highest BCUT2D eigenvalue weighted by atomic mass is 16.2. The fourth-order valence-electron chi connectivity index (χ4n) is 2.55. The van der Waals surface area contributed by atoms with E-state index in [4.69, 9.17) is 0 Å². The SMILES string of the molecule is CN(C(=O)c1ccc2ncccc2c1)C1CCNC1. The number of pyridine rings is 1. The van der Waals surface area contributed by atoms with Gasteiger partial charge in [0.1, 0.15) is 0 Å². The number of nitrogens with one attached hydrogen (secondary N) is 1. The van der Waals surface area contributed by atoms with Gasteiger partial charge in [-0.2, -0.15) is 0 Å². The molecule has 1 aromatic heterocycles. The van der Waals surface area contributed by atoms with Gasteiger partial charge in [0.05, 0.1) is 5.52 Å². The molecule has 2 heterocycles. The smallest absolute Gasteiger partial charge is 0.253 e. The second kappa shape index (κ2) is 4.97. The Labute approximate surface area is 112 Å². The van der Waals surface area contributed by atoms with Gasteiger partial charge in [0.2, 0.25) is 0 Å². The van der Waals surface area contributed by atoms with E-state index in [1.165, 1.54) is 0 Å². The van der Waals surface area contributed by atoms with Crippen LogP contribution in [-0.2, 0) is 0 Å². The van der Waals surface area contributed by atoms with Crippen LogP contribution in [0.5, 0.6) is 0 Å². The van der Waals surface area contributed by atoms with Crippen molar-refractivity contribution in [3.05, 3.63) is 42.1 Å². The average Bonchev–Trinajstić information content (AvgIpc) is 2.99. The van der Waals surface area contributed by atoms with Gasteiger partial charge in [-0.3, -0.25) is 9.78 Å². The summed E-state index contributed by atoms with van der Waals surface area (Å²) in [6.45, 7) is 1.88. The Hall–Kier alpha value is -1.94. The van der Waals surface area contributed by atoms with Crippen LogP contribution in [0.15, 0.2) is 36.5 Å². The van der Waals surface area contributed by atoms with E-state index >= 15 is 0 Å². The minimum absolute atomic E-state index is 0.0828. The van der Waals surface area contributed by atoms with E-state index in [0.29, 0.717) is 6.04 Å². The number of hydrogen-bond acceptors (Lipinski definition) is 3. The molecule has 0 aliphatic carbocycles. The lowest BCUT2D eigenvalue weighted by Crippen LogP contribution is -2.38. The van der Waals surface area contributed by atoms with Crippen molar-refractivity contribution in [2.45, 2.75) is 12.5 Å². The van der Waals surface area contributed by atoms with Gasteiger partial charge in [0.15, 0.2) is 0 Å². The van der Waals surface area contributed by atoms with Crippen LogP contribution in [0.1, 0.15) is 16.8 Å². The molecule has 2 aromatic rings. The number of aromatic nitrogens is 1. The third kappa shape index (κ3) is 2.31. The molecule has 4 nitrogen and oxygen atoms in total. The number of likely N-dealkylation sites (N-methyl/N-ethyl adjacent to an activating group) is 1. The molecule has 1 unspecified atom stereocenters. The third-order valence-electron chi connectivity index (χ3n) is 3.75. The second-order valence-electron chi connectivity index (χ2n) is 4.97. The van der Waals surface area contributed by atoms with Gasteiger partial charge in [-0.25, -0.2) is 0 Å². The van der Waals surface area contributed by atoms with Crippen LogP contribution in [0, 0.1) is 0 Å². The van der Waals surface area contributed by atoms with E-state index in [9.17, 15) is 4.79 Å². The summed E-state index contributed by atoms with van der Waals surface area (Å²) >= 11 is 0. The summed E-state index contributed by atoms with van der Waals surface area (Å²) in [5.41, 5.74) is 1.65. The van der Waals surface area contributed by atoms with Crippen LogP contribution in [0.2, 0.25) is 0 Å². The summed E-state index contributed by atoms with van der Waals surface area (Å²) in [5.74, 6) is 0.0828. The molecule has 1 aliphatic rings. The first-order chi connectivity index (χ1) is 9.25. The Kier molecular flexibility index (Phi) is 3.17. The predicted octanol–water partition coefficient (Wildman–Crippen LogP) is 1.67. The van der Waals surface area contributed by atoms with Crippen LogP contribution < -0.4 is 5.32 Å². The Morgan fingerprint density at radius 3 is 3.11 bits per heavy atom. The van der Waals surface area contributed by atoms with Crippen LogP contribution in [0.4, 0.5) is 0 Å². The summed E-state index contributed by atoms with van der Waals surface area (Å²) in [5, 5.41) is 4.29. The normalized spacial score (nSPS) is 18.7. The highest BCUT2D eigenvalue weighted by Gasteiger charge is 2.23. The Balaban J connectivity index is 1.88. The van der Waals surface area contributed by atoms with Crippen molar-refractivity contribution in [3.8, 4) is 0 Å². The summed E-state index contributed by atoms with van der Waals surface area (Å²) in [7, 11) is 1.88. The number of rotatable bonds is 2. The highest BCUT2D eigenvalue weighted by molar-refractivity contribution is 5.98. The van der Waals surface area contributed by atoms with Gasteiger partial charge in [-0.05, 0) is 37.2 Å².